The molecule has 2 amide bonds. The van der Waals surface area contributed by atoms with Gasteiger partial charge in [0.1, 0.15) is 6.04 Å². The first-order chi connectivity index (χ1) is 11.5. The Bertz CT molecular complexity index is 596. The number of piperidine rings is 1. The molecule has 2 saturated heterocycles. The Morgan fingerprint density at radius 2 is 1.92 bits per heavy atom. The van der Waals surface area contributed by atoms with Gasteiger partial charge in [-0.15, -0.1) is 0 Å². The van der Waals surface area contributed by atoms with Gasteiger partial charge in [-0.1, -0.05) is 25.1 Å². The Morgan fingerprint density at radius 1 is 1.25 bits per heavy atom. The Kier molecular flexibility index (Phi) is 4.90. The molecule has 0 bridgehead atoms. The van der Waals surface area contributed by atoms with Gasteiger partial charge in [0.15, 0.2) is 0 Å². The van der Waals surface area contributed by atoms with Crippen LogP contribution in [0.5, 0.6) is 0 Å². The number of hydrogen-bond donors (Lipinski definition) is 0. The van der Waals surface area contributed by atoms with Crippen LogP contribution in [0.15, 0.2) is 30.3 Å². The molecule has 3 rings (SSSR count). The van der Waals surface area contributed by atoms with Crippen LogP contribution in [0.1, 0.15) is 32.6 Å². The fourth-order valence-corrected chi connectivity index (χ4v) is 3.68. The van der Waals surface area contributed by atoms with Crippen molar-refractivity contribution in [3.8, 4) is 0 Å². The maximum Gasteiger partial charge on any atom is 0.249 e. The average molecular weight is 330 g/mol. The second kappa shape index (κ2) is 6.93. The van der Waals surface area contributed by atoms with Crippen molar-refractivity contribution in [2.24, 2.45) is 5.41 Å². The van der Waals surface area contributed by atoms with Crippen molar-refractivity contribution >= 4 is 17.5 Å². The summed E-state index contributed by atoms with van der Waals surface area (Å²) < 4.78 is 5.39. The molecule has 2 fully saturated rings. The summed E-state index contributed by atoms with van der Waals surface area (Å²) in [6.45, 7) is 3.94. The van der Waals surface area contributed by atoms with E-state index in [2.05, 4.69) is 0 Å². The summed E-state index contributed by atoms with van der Waals surface area (Å²) in [5.74, 6) is 0.0954. The van der Waals surface area contributed by atoms with Crippen LogP contribution in [0.25, 0.3) is 0 Å². The number of hydrogen-bond acceptors (Lipinski definition) is 3. The normalized spacial score (nSPS) is 23.8. The van der Waals surface area contributed by atoms with E-state index in [0.717, 1.165) is 31.4 Å². The van der Waals surface area contributed by atoms with Gasteiger partial charge < -0.3 is 14.5 Å². The SMILES string of the molecule is CN(C(=O)C1(C)CCOCC1)[C@H]1CCCN(c2ccccc2)C1=O. The third kappa shape index (κ3) is 3.18. The zero-order chi connectivity index (χ0) is 17.2. The number of carbonyl (C=O) groups excluding carboxylic acids is 2. The van der Waals surface area contributed by atoms with E-state index in [0.29, 0.717) is 19.8 Å². The van der Waals surface area contributed by atoms with Crippen LogP contribution < -0.4 is 4.90 Å². The highest BCUT2D eigenvalue weighted by molar-refractivity contribution is 6.00. The molecule has 130 valence electrons. The molecular formula is C19H26N2O3. The molecule has 1 aromatic rings. The highest BCUT2D eigenvalue weighted by Crippen LogP contribution is 2.33. The maximum atomic E-state index is 13.0. The summed E-state index contributed by atoms with van der Waals surface area (Å²) in [4.78, 5) is 29.5. The van der Waals surface area contributed by atoms with Crippen LogP contribution in [-0.4, -0.2) is 49.6 Å². The van der Waals surface area contributed by atoms with Crippen molar-refractivity contribution < 1.29 is 14.3 Å². The van der Waals surface area contributed by atoms with Crippen LogP contribution in [0.2, 0.25) is 0 Å². The Hall–Kier alpha value is -1.88. The lowest BCUT2D eigenvalue weighted by molar-refractivity contribution is -0.151. The van der Waals surface area contributed by atoms with Gasteiger partial charge in [-0.3, -0.25) is 9.59 Å². The molecule has 0 spiro atoms. The maximum absolute atomic E-state index is 13.0. The molecule has 0 N–H and O–H groups in total. The van der Waals surface area contributed by atoms with Crippen LogP contribution in [0.4, 0.5) is 5.69 Å². The minimum absolute atomic E-state index is 0.0268. The Morgan fingerprint density at radius 3 is 2.58 bits per heavy atom. The molecule has 5 nitrogen and oxygen atoms in total. The number of benzene rings is 1. The van der Waals surface area contributed by atoms with Crippen molar-refractivity contribution in [2.45, 2.75) is 38.6 Å². The molecule has 0 unspecified atom stereocenters. The topological polar surface area (TPSA) is 49.9 Å². The molecule has 0 aliphatic carbocycles. The highest BCUT2D eigenvalue weighted by Gasteiger charge is 2.42. The van der Waals surface area contributed by atoms with Gasteiger partial charge in [0.05, 0.1) is 5.41 Å². The summed E-state index contributed by atoms with van der Waals surface area (Å²) in [6.07, 6.45) is 3.08. The fraction of sp³-hybridized carbons (Fsp3) is 0.579. The van der Waals surface area contributed by atoms with E-state index >= 15 is 0 Å². The number of rotatable bonds is 3. The van der Waals surface area contributed by atoms with Crippen molar-refractivity contribution in [2.75, 3.05) is 31.7 Å². The molecule has 5 heteroatoms. The van der Waals surface area contributed by atoms with Gasteiger partial charge in [0, 0.05) is 32.5 Å². The molecule has 2 aliphatic heterocycles. The van der Waals surface area contributed by atoms with Crippen molar-refractivity contribution in [3.05, 3.63) is 30.3 Å². The van der Waals surface area contributed by atoms with Crippen molar-refractivity contribution in [3.63, 3.8) is 0 Å². The van der Waals surface area contributed by atoms with E-state index in [1.165, 1.54) is 0 Å². The largest absolute Gasteiger partial charge is 0.381 e. The lowest BCUT2D eigenvalue weighted by atomic mass is 9.80. The average Bonchev–Trinajstić information content (AvgIpc) is 2.62. The number of likely N-dealkylation sites (N-methyl/N-ethyl adjacent to an activating group) is 1. The van der Waals surface area contributed by atoms with Gasteiger partial charge in [0.2, 0.25) is 11.8 Å². The Balaban J connectivity index is 1.75. The number of anilines is 1. The summed E-state index contributed by atoms with van der Waals surface area (Å²) >= 11 is 0. The van der Waals surface area contributed by atoms with Crippen LogP contribution >= 0.6 is 0 Å². The number of carbonyl (C=O) groups is 2. The zero-order valence-electron chi connectivity index (χ0n) is 14.5. The third-order valence-electron chi connectivity index (χ3n) is 5.38. The second-order valence-electron chi connectivity index (χ2n) is 7.07. The van der Waals surface area contributed by atoms with E-state index in [1.807, 2.05) is 42.2 Å². The molecule has 0 saturated carbocycles. The number of nitrogens with zero attached hydrogens (tertiary/aromatic N) is 2. The Labute approximate surface area is 143 Å². The highest BCUT2D eigenvalue weighted by atomic mass is 16.5. The van der Waals surface area contributed by atoms with E-state index in [9.17, 15) is 9.59 Å². The molecular weight excluding hydrogens is 304 g/mol. The van der Waals surface area contributed by atoms with Gasteiger partial charge in [-0.05, 0) is 37.8 Å². The zero-order valence-corrected chi connectivity index (χ0v) is 14.5. The third-order valence-corrected chi connectivity index (χ3v) is 5.38. The molecule has 2 heterocycles. The molecule has 2 aliphatic rings. The summed E-state index contributed by atoms with van der Waals surface area (Å²) in [5, 5.41) is 0. The number of para-hydroxylation sites is 1. The quantitative estimate of drug-likeness (QED) is 0.855. The minimum Gasteiger partial charge on any atom is -0.381 e. The summed E-state index contributed by atoms with van der Waals surface area (Å²) in [7, 11) is 1.78. The first-order valence-electron chi connectivity index (χ1n) is 8.74. The summed E-state index contributed by atoms with van der Waals surface area (Å²) in [5.41, 5.74) is 0.493. The lowest BCUT2D eigenvalue weighted by Crippen LogP contribution is -2.56. The van der Waals surface area contributed by atoms with Gasteiger partial charge in [-0.25, -0.2) is 0 Å². The standard InChI is InChI=1S/C19H26N2O3/c1-19(10-13-24-14-11-19)18(23)20(2)16-9-6-12-21(17(16)22)15-7-4-3-5-8-15/h3-5,7-8,16H,6,9-14H2,1-2H3/t16-/m0/s1. The van der Waals surface area contributed by atoms with E-state index in [4.69, 9.17) is 4.74 Å². The van der Waals surface area contributed by atoms with Crippen LogP contribution in [-0.2, 0) is 14.3 Å². The van der Waals surface area contributed by atoms with E-state index in [-0.39, 0.29) is 17.9 Å². The monoisotopic (exact) mass is 330 g/mol. The second-order valence-corrected chi connectivity index (χ2v) is 7.07. The van der Waals surface area contributed by atoms with Crippen molar-refractivity contribution in [1.82, 2.24) is 4.90 Å². The van der Waals surface area contributed by atoms with Crippen LogP contribution in [0, 0.1) is 5.41 Å². The molecule has 1 atom stereocenters. The molecule has 1 aromatic carbocycles. The predicted molar refractivity (Wildman–Crippen MR) is 92.7 cm³/mol. The number of amides is 2. The van der Waals surface area contributed by atoms with E-state index < -0.39 is 5.41 Å². The first kappa shape index (κ1) is 17.0. The van der Waals surface area contributed by atoms with Gasteiger partial charge in [0.25, 0.3) is 0 Å². The molecule has 24 heavy (non-hydrogen) atoms. The molecule has 0 aromatic heterocycles. The van der Waals surface area contributed by atoms with Gasteiger partial charge in [-0.2, -0.15) is 0 Å². The summed E-state index contributed by atoms with van der Waals surface area (Å²) in [6, 6.07) is 9.33. The van der Waals surface area contributed by atoms with Crippen molar-refractivity contribution in [1.29, 1.82) is 0 Å². The minimum atomic E-state index is -0.414. The smallest absolute Gasteiger partial charge is 0.249 e. The van der Waals surface area contributed by atoms with Crippen LogP contribution in [0.3, 0.4) is 0 Å². The molecule has 0 radical (unpaired) electrons. The lowest BCUT2D eigenvalue weighted by Gasteiger charge is -2.41. The first-order valence-corrected chi connectivity index (χ1v) is 8.74. The fourth-order valence-electron chi connectivity index (χ4n) is 3.68. The number of ether oxygens (including phenoxy) is 1. The predicted octanol–water partition coefficient (Wildman–Crippen LogP) is 2.46. The van der Waals surface area contributed by atoms with E-state index in [1.54, 1.807) is 11.9 Å². The van der Waals surface area contributed by atoms with Gasteiger partial charge >= 0.3 is 0 Å².